The van der Waals surface area contributed by atoms with Crippen molar-refractivity contribution in [2.24, 2.45) is 10.6 Å². The van der Waals surface area contributed by atoms with Gasteiger partial charge in [-0.1, -0.05) is 13.8 Å². The van der Waals surface area contributed by atoms with E-state index < -0.39 is 15.4 Å². The first-order valence-electron chi connectivity index (χ1n) is 6.04. The normalized spacial score (nSPS) is 12.4. The highest BCUT2D eigenvalue weighted by molar-refractivity contribution is 9.10. The van der Waals surface area contributed by atoms with Gasteiger partial charge < -0.3 is 4.74 Å². The molecule has 1 aromatic heterocycles. The van der Waals surface area contributed by atoms with E-state index in [2.05, 4.69) is 20.9 Å². The third-order valence-corrected chi connectivity index (χ3v) is 4.68. The Balaban J connectivity index is 2.79. The lowest BCUT2D eigenvalue weighted by molar-refractivity contribution is 0.154. The summed E-state index contributed by atoms with van der Waals surface area (Å²) in [5.41, 5.74) is -0.462. The molecule has 0 fully saturated rings. The zero-order chi connectivity index (χ0) is 14.5. The molecule has 0 saturated carbocycles. The molecule has 2 N–H and O–H groups in total. The topological polar surface area (TPSA) is 82.3 Å². The van der Waals surface area contributed by atoms with Crippen LogP contribution in [0.15, 0.2) is 22.9 Å². The Hall–Kier alpha value is -0.660. The summed E-state index contributed by atoms with van der Waals surface area (Å²) in [6.07, 6.45) is 4.62. The highest BCUT2D eigenvalue weighted by atomic mass is 79.9. The standard InChI is InChI=1S/C12H19BrN2O3S/c1-3-12(4-2,9-19(14,16)17)8-18-11-5-10(13)6-15-7-11/h5-7H,3-4,8-9H2,1-2H3,(H2,14,16,17). The van der Waals surface area contributed by atoms with Crippen LogP contribution in [0.3, 0.4) is 0 Å². The van der Waals surface area contributed by atoms with Crippen molar-refractivity contribution < 1.29 is 13.2 Å². The zero-order valence-electron chi connectivity index (χ0n) is 11.1. The van der Waals surface area contributed by atoms with Crippen LogP contribution in [0, 0.1) is 5.41 Å². The van der Waals surface area contributed by atoms with Crippen molar-refractivity contribution >= 4 is 26.0 Å². The number of halogens is 1. The average Bonchev–Trinajstić information content (AvgIpc) is 2.33. The highest BCUT2D eigenvalue weighted by Gasteiger charge is 2.32. The van der Waals surface area contributed by atoms with E-state index in [0.717, 1.165) is 4.47 Å². The summed E-state index contributed by atoms with van der Waals surface area (Å²) in [6.45, 7) is 4.18. The molecule has 7 heteroatoms. The average molecular weight is 351 g/mol. The molecule has 0 aliphatic heterocycles. The second kappa shape index (κ2) is 6.67. The Morgan fingerprint density at radius 2 is 2.00 bits per heavy atom. The fourth-order valence-electron chi connectivity index (χ4n) is 1.83. The first-order valence-corrected chi connectivity index (χ1v) is 8.55. The van der Waals surface area contributed by atoms with Crippen LogP contribution in [0.1, 0.15) is 26.7 Å². The van der Waals surface area contributed by atoms with Gasteiger partial charge in [-0.15, -0.1) is 0 Å². The maximum absolute atomic E-state index is 11.3. The lowest BCUT2D eigenvalue weighted by Gasteiger charge is -2.30. The molecule has 0 bridgehead atoms. The van der Waals surface area contributed by atoms with Gasteiger partial charge in [0.15, 0.2) is 0 Å². The molecule has 1 aromatic rings. The monoisotopic (exact) mass is 350 g/mol. The summed E-state index contributed by atoms with van der Waals surface area (Å²) in [7, 11) is -3.52. The van der Waals surface area contributed by atoms with Gasteiger partial charge in [0.25, 0.3) is 0 Å². The third-order valence-electron chi connectivity index (χ3n) is 3.23. The van der Waals surface area contributed by atoms with E-state index >= 15 is 0 Å². The number of primary sulfonamides is 1. The van der Waals surface area contributed by atoms with E-state index in [4.69, 9.17) is 9.88 Å². The van der Waals surface area contributed by atoms with Crippen molar-refractivity contribution in [3.63, 3.8) is 0 Å². The molecule has 108 valence electrons. The molecular weight excluding hydrogens is 332 g/mol. The van der Waals surface area contributed by atoms with Crippen LogP contribution in [-0.2, 0) is 10.0 Å². The molecule has 0 saturated heterocycles. The van der Waals surface area contributed by atoms with Crippen LogP contribution in [0.5, 0.6) is 5.75 Å². The summed E-state index contributed by atoms with van der Waals surface area (Å²) in [6, 6.07) is 1.79. The molecule has 0 aliphatic carbocycles. The second-order valence-corrected chi connectivity index (χ2v) is 7.17. The van der Waals surface area contributed by atoms with Gasteiger partial charge in [-0.2, -0.15) is 0 Å². The van der Waals surface area contributed by atoms with Crippen LogP contribution in [0.25, 0.3) is 0 Å². The summed E-state index contributed by atoms with van der Waals surface area (Å²) < 4.78 is 29.1. The molecule has 19 heavy (non-hydrogen) atoms. The Morgan fingerprint density at radius 3 is 2.47 bits per heavy atom. The first-order chi connectivity index (χ1) is 8.80. The summed E-state index contributed by atoms with van der Waals surface area (Å²) in [5.74, 6) is 0.532. The molecule has 0 aromatic carbocycles. The van der Waals surface area contributed by atoms with Crippen molar-refractivity contribution in [1.29, 1.82) is 0 Å². The van der Waals surface area contributed by atoms with Crippen LogP contribution in [-0.4, -0.2) is 25.8 Å². The van der Waals surface area contributed by atoms with Crippen molar-refractivity contribution in [1.82, 2.24) is 4.98 Å². The Kier molecular flexibility index (Phi) is 5.76. The lowest BCUT2D eigenvalue weighted by atomic mass is 9.85. The predicted molar refractivity (Wildman–Crippen MR) is 78.4 cm³/mol. The van der Waals surface area contributed by atoms with Gasteiger partial charge in [0.1, 0.15) is 5.75 Å². The number of sulfonamides is 1. The molecule has 1 heterocycles. The number of hydrogen-bond donors (Lipinski definition) is 1. The summed E-state index contributed by atoms with van der Waals surface area (Å²) in [5, 5.41) is 5.16. The van der Waals surface area contributed by atoms with E-state index in [1.54, 1.807) is 18.5 Å². The van der Waals surface area contributed by atoms with Crippen LogP contribution in [0.4, 0.5) is 0 Å². The molecule has 0 spiro atoms. The number of rotatable bonds is 7. The molecule has 0 radical (unpaired) electrons. The number of pyridine rings is 1. The van der Waals surface area contributed by atoms with Gasteiger partial charge in [0.2, 0.25) is 10.0 Å². The molecule has 1 rings (SSSR count). The quantitative estimate of drug-likeness (QED) is 0.817. The van der Waals surface area contributed by atoms with Crippen molar-refractivity contribution in [3.8, 4) is 5.75 Å². The van der Waals surface area contributed by atoms with E-state index in [-0.39, 0.29) is 5.75 Å². The molecular formula is C12H19BrN2O3S. The van der Waals surface area contributed by atoms with Crippen LogP contribution >= 0.6 is 15.9 Å². The fourth-order valence-corrected chi connectivity index (χ4v) is 3.52. The van der Waals surface area contributed by atoms with Gasteiger partial charge in [-0.05, 0) is 34.8 Å². The van der Waals surface area contributed by atoms with E-state index in [9.17, 15) is 8.42 Å². The van der Waals surface area contributed by atoms with Gasteiger partial charge in [0.05, 0.1) is 18.6 Å². The minimum atomic E-state index is -3.52. The Bertz CT molecular complexity index is 515. The summed E-state index contributed by atoms with van der Waals surface area (Å²) >= 11 is 3.31. The van der Waals surface area contributed by atoms with Gasteiger partial charge >= 0.3 is 0 Å². The summed E-state index contributed by atoms with van der Waals surface area (Å²) in [4.78, 5) is 4.00. The van der Waals surface area contributed by atoms with Gasteiger partial charge in [0, 0.05) is 16.1 Å². The number of aromatic nitrogens is 1. The maximum atomic E-state index is 11.3. The number of nitrogens with zero attached hydrogens (tertiary/aromatic N) is 1. The van der Waals surface area contributed by atoms with Gasteiger partial charge in [-0.3, -0.25) is 4.98 Å². The fraction of sp³-hybridized carbons (Fsp3) is 0.583. The smallest absolute Gasteiger partial charge is 0.209 e. The van der Waals surface area contributed by atoms with Crippen molar-refractivity contribution in [3.05, 3.63) is 22.9 Å². The van der Waals surface area contributed by atoms with Crippen LogP contribution in [0.2, 0.25) is 0 Å². The molecule has 5 nitrogen and oxygen atoms in total. The molecule has 0 amide bonds. The molecule has 0 unspecified atom stereocenters. The molecule has 0 aliphatic rings. The van der Waals surface area contributed by atoms with E-state index in [1.165, 1.54) is 0 Å². The second-order valence-electron chi connectivity index (χ2n) is 4.64. The SMILES string of the molecule is CCC(CC)(COc1cncc(Br)c1)CS(N)(=O)=O. The predicted octanol–water partition coefficient (Wildman–Crippen LogP) is 2.32. The maximum Gasteiger partial charge on any atom is 0.209 e. The Labute approximate surface area is 122 Å². The largest absolute Gasteiger partial charge is 0.491 e. The molecule has 0 atom stereocenters. The first kappa shape index (κ1) is 16.4. The van der Waals surface area contributed by atoms with E-state index in [1.807, 2.05) is 13.8 Å². The highest BCUT2D eigenvalue weighted by Crippen LogP contribution is 2.29. The van der Waals surface area contributed by atoms with E-state index in [0.29, 0.717) is 25.2 Å². The van der Waals surface area contributed by atoms with Crippen molar-refractivity contribution in [2.75, 3.05) is 12.4 Å². The van der Waals surface area contributed by atoms with Gasteiger partial charge in [-0.25, -0.2) is 13.6 Å². The minimum Gasteiger partial charge on any atom is -0.491 e. The Morgan fingerprint density at radius 1 is 1.37 bits per heavy atom. The number of nitrogens with two attached hydrogens (primary N) is 1. The third kappa shape index (κ3) is 5.46. The number of ether oxygens (including phenoxy) is 1. The van der Waals surface area contributed by atoms with Crippen molar-refractivity contribution in [2.45, 2.75) is 26.7 Å². The zero-order valence-corrected chi connectivity index (χ0v) is 13.5. The van der Waals surface area contributed by atoms with Crippen LogP contribution < -0.4 is 9.88 Å². The lowest BCUT2D eigenvalue weighted by Crippen LogP contribution is -2.37. The number of hydrogen-bond acceptors (Lipinski definition) is 4. The minimum absolute atomic E-state index is 0.0750.